The van der Waals surface area contributed by atoms with E-state index in [1.54, 1.807) is 0 Å². The molecule has 65 heavy (non-hydrogen) atoms. The molecular formula is Fe3Li3Mg3Mn3O40P10Zn3. The zero-order valence-corrected chi connectivity index (χ0v) is 59.2. The third kappa shape index (κ3) is 3730. The Hall–Kier alpha value is 10.2. The van der Waals surface area contributed by atoms with Crippen LogP contribution < -0.4 is 203 Å². The fourth-order valence-corrected chi connectivity index (χ4v) is 0. The molecule has 6 radical (unpaired) electrons. The molecule has 0 spiro atoms. The summed E-state index contributed by atoms with van der Waals surface area (Å²) in [4.78, 5) is 256. The van der Waals surface area contributed by atoms with Gasteiger partial charge in [-0.15, -0.1) is 0 Å². The van der Waals surface area contributed by atoms with Gasteiger partial charge in [0.05, 0.1) is 0 Å². The van der Waals surface area contributed by atoms with E-state index in [1.165, 1.54) is 0 Å². The van der Waals surface area contributed by atoms with Gasteiger partial charge in [0.2, 0.25) is 0 Å². The van der Waals surface area contributed by atoms with Gasteiger partial charge < -0.3 is 192 Å². The third-order valence-electron chi connectivity index (χ3n) is 0. The van der Waals surface area contributed by atoms with Gasteiger partial charge >= 0.3 is 287 Å². The molecular weight excluding hydrogens is 1570 g/mol. The fourth-order valence-electron chi connectivity index (χ4n) is 0. The second-order valence-corrected chi connectivity index (χ2v) is 13.4. The Kier molecular flexibility index (Phi) is 204. The van der Waals surface area contributed by atoms with Gasteiger partial charge in [0.25, 0.3) is 0 Å². The van der Waals surface area contributed by atoms with Gasteiger partial charge in [-0.1, -0.05) is 0 Å². The first-order valence-electron chi connectivity index (χ1n) is 7.30. The number of hydrogen-bond donors (Lipinski definition) is 0. The molecule has 0 aromatic heterocycles. The van der Waals surface area contributed by atoms with Crippen LogP contribution in [0.2, 0.25) is 0 Å². The minimum atomic E-state index is -5.39. The first kappa shape index (κ1) is 164. The topological polar surface area (TPSA) is 862 Å². The number of phosphoric acid groups is 10. The van der Waals surface area contributed by atoms with E-state index < -0.39 is 78.2 Å². The predicted octanol–water partition coefficient (Wildman–Crippen LogP) is -38.4. The Bertz CT molecular complexity index is 916. The molecule has 0 rings (SSSR count). The van der Waals surface area contributed by atoms with E-state index in [-0.39, 0.29) is 287 Å². The van der Waals surface area contributed by atoms with Crippen LogP contribution >= 0.6 is 78.2 Å². The van der Waals surface area contributed by atoms with E-state index >= 15 is 0 Å². The van der Waals surface area contributed by atoms with Crippen LogP contribution in [-0.2, 0) is 206 Å². The Morgan fingerprint density at radius 2 is 0.169 bits per heavy atom. The minimum absolute atomic E-state index is 0. The first-order chi connectivity index (χ1) is 20.0. The molecule has 0 aliphatic heterocycles. The SMILES string of the molecule is O=P([O-])([O-])[O-].O=P([O-])([O-])[O-].O=P([O-])([O-])[O-].O=P([O-])([O-])[O-].O=P([O-])([O-])[O-].O=P([O-])([O-])[O-].O=P([O-])([O-])[O-].O=P([O-])([O-])[O-].O=P([O-])([O-])[O-].O=P([O-])([O-])[O-].[Fe+3].[Fe+3].[Fe+3].[Li+].[Li+].[Li+].[Mg+2].[Mg+2].[Mg+2].[Mn+2].[Mn+2].[Mn+2].[Zn+2].[Zn+2].[Zn+2]. The molecule has 0 aromatic rings. The predicted molar refractivity (Wildman–Crippen MR) is 93.3 cm³/mol. The van der Waals surface area contributed by atoms with E-state index in [4.69, 9.17) is 192 Å². The summed E-state index contributed by atoms with van der Waals surface area (Å²) in [6, 6.07) is 0. The standard InChI is InChI=1S/3Fe.3Li.3Mg.3Mn.10H3O4P.3Zn/c;;;;;;;;;;;;10*1-5(2,3)4;;;/h;;;;;;;;;;;;10*(H3,1,2,3,4);;;/q3*+3;3*+1;6*+2;;;;;;;;;;;3*+2/p-30. The maximum atomic E-state index is 8.55. The molecule has 0 N–H and O–H groups in total. The molecule has 0 aliphatic carbocycles. The van der Waals surface area contributed by atoms with Gasteiger partial charge in [0.15, 0.2) is 0 Å². The van der Waals surface area contributed by atoms with Gasteiger partial charge in [-0.25, -0.2) is 0 Å². The van der Waals surface area contributed by atoms with Crippen LogP contribution in [0.4, 0.5) is 0 Å². The molecule has 0 aliphatic rings. The summed E-state index contributed by atoms with van der Waals surface area (Å²) >= 11 is 0. The molecule has 40 nitrogen and oxygen atoms in total. The Balaban J connectivity index is -0.0000000116. The minimum Gasteiger partial charge on any atom is -0.822 e. The first-order valence-corrected chi connectivity index (χ1v) is 21.9. The monoisotopic (exact) mass is 1570 g/mol. The number of hydrogen-bond acceptors (Lipinski definition) is 40. The molecule has 0 amide bonds. The second-order valence-electron chi connectivity index (χ2n) is 4.47. The van der Waals surface area contributed by atoms with Crippen molar-refractivity contribution in [2.45, 2.75) is 0 Å². The molecule has 0 saturated heterocycles. The van der Waals surface area contributed by atoms with Crippen LogP contribution in [0.25, 0.3) is 0 Å². The van der Waals surface area contributed by atoms with Crippen molar-refractivity contribution >= 4 is 147 Å². The molecule has 0 fully saturated rings. The maximum Gasteiger partial charge on any atom is 3.00 e. The van der Waals surface area contributed by atoms with Gasteiger partial charge in [-0.05, 0) is 0 Å². The molecule has 0 bridgehead atoms. The average Bonchev–Trinajstić information content (AvgIpc) is 2.34. The van der Waals surface area contributed by atoms with E-state index in [0.29, 0.717) is 0 Å². The fraction of sp³-hybridized carbons (Fsp3) is 0. The summed E-state index contributed by atoms with van der Waals surface area (Å²) in [7, 11) is -53.9. The van der Waals surface area contributed by atoms with Crippen LogP contribution in [0, 0.1) is 0 Å². The molecule has 0 unspecified atom stereocenters. The Morgan fingerprint density at radius 3 is 0.169 bits per heavy atom. The van der Waals surface area contributed by atoms with E-state index in [0.717, 1.165) is 0 Å². The van der Waals surface area contributed by atoms with Crippen LogP contribution in [0.5, 0.6) is 0 Å². The zero-order valence-electron chi connectivity index (χ0n) is 30.2. The average molecular weight is 1570 g/mol. The van der Waals surface area contributed by atoms with Gasteiger partial charge in [0.1, 0.15) is 0 Å². The van der Waals surface area contributed by atoms with Crippen molar-refractivity contribution in [2.75, 3.05) is 0 Å². The molecule has 0 heterocycles. The van der Waals surface area contributed by atoms with Crippen molar-refractivity contribution in [3.63, 3.8) is 0 Å². The van der Waals surface area contributed by atoms with E-state index in [9.17, 15) is 0 Å². The van der Waals surface area contributed by atoms with E-state index in [2.05, 4.69) is 0 Å². The molecule has 350 valence electrons. The van der Waals surface area contributed by atoms with E-state index in [1.807, 2.05) is 0 Å². The molecule has 0 atom stereocenters. The summed E-state index contributed by atoms with van der Waals surface area (Å²) in [6.07, 6.45) is 0. The number of rotatable bonds is 0. The molecule has 0 aromatic carbocycles. The quantitative estimate of drug-likeness (QED) is 0.160. The normalized spacial score (nSPS) is 9.08. The largest absolute Gasteiger partial charge is 3.00 e. The van der Waals surface area contributed by atoms with Crippen molar-refractivity contribution < 1.29 is 410 Å². The van der Waals surface area contributed by atoms with Gasteiger partial charge in [-0.3, -0.25) is 0 Å². The third-order valence-corrected chi connectivity index (χ3v) is 0. The van der Waals surface area contributed by atoms with Gasteiger partial charge in [0, 0.05) is 0 Å². The van der Waals surface area contributed by atoms with Crippen molar-refractivity contribution in [3.05, 3.63) is 0 Å². The zero-order chi connectivity index (χ0) is 45.0. The summed E-state index contributed by atoms with van der Waals surface area (Å²) in [5.74, 6) is 0. The second kappa shape index (κ2) is 80.7. The van der Waals surface area contributed by atoms with Crippen LogP contribution in [0.1, 0.15) is 0 Å². The summed E-state index contributed by atoms with van der Waals surface area (Å²) in [5, 5.41) is 0. The maximum absolute atomic E-state index is 8.55. The van der Waals surface area contributed by atoms with Crippen molar-refractivity contribution in [1.82, 2.24) is 0 Å². The summed E-state index contributed by atoms with van der Waals surface area (Å²) in [5.41, 5.74) is 0. The molecule has 65 heteroatoms. The van der Waals surface area contributed by atoms with Crippen molar-refractivity contribution in [1.29, 1.82) is 0 Å². The summed E-state index contributed by atoms with van der Waals surface area (Å²) < 4.78 is 85.5. The Morgan fingerprint density at radius 1 is 0.169 bits per heavy atom. The van der Waals surface area contributed by atoms with Crippen LogP contribution in [-0.4, -0.2) is 69.2 Å². The molecule has 0 saturated carbocycles. The summed E-state index contributed by atoms with van der Waals surface area (Å²) in [6.45, 7) is 0. The van der Waals surface area contributed by atoms with Crippen LogP contribution in [0.3, 0.4) is 0 Å². The smallest absolute Gasteiger partial charge is 0.822 e. The Labute approximate surface area is 549 Å². The van der Waals surface area contributed by atoms with Gasteiger partial charge in [-0.2, -0.15) is 78.2 Å². The van der Waals surface area contributed by atoms with Crippen molar-refractivity contribution in [2.24, 2.45) is 0 Å². The van der Waals surface area contributed by atoms with Crippen LogP contribution in [0.15, 0.2) is 0 Å². The van der Waals surface area contributed by atoms with Crippen molar-refractivity contribution in [3.8, 4) is 0 Å².